The van der Waals surface area contributed by atoms with Crippen LogP contribution in [0.3, 0.4) is 0 Å². The predicted octanol–water partition coefficient (Wildman–Crippen LogP) is 3.26. The number of halogens is 3. The van der Waals surface area contributed by atoms with E-state index in [1.165, 1.54) is 6.07 Å². The maximum absolute atomic E-state index is 13.9. The molecule has 0 unspecified atom stereocenters. The van der Waals surface area contributed by atoms with Crippen LogP contribution < -0.4 is 5.32 Å². The molecular formula is C13H19Cl2FN2. The van der Waals surface area contributed by atoms with Gasteiger partial charge in [0, 0.05) is 42.8 Å². The first-order valence-electron chi connectivity index (χ1n) is 6.12. The van der Waals surface area contributed by atoms with Crippen molar-refractivity contribution in [3.63, 3.8) is 0 Å². The average molecular weight is 293 g/mol. The van der Waals surface area contributed by atoms with Crippen molar-refractivity contribution in [3.8, 4) is 0 Å². The molecule has 0 spiro atoms. The lowest BCUT2D eigenvalue weighted by Gasteiger charge is -2.34. The zero-order valence-electron chi connectivity index (χ0n) is 10.5. The van der Waals surface area contributed by atoms with Gasteiger partial charge in [0.2, 0.25) is 0 Å². The molecule has 18 heavy (non-hydrogen) atoms. The summed E-state index contributed by atoms with van der Waals surface area (Å²) < 4.78 is 13.9. The molecule has 5 heteroatoms. The van der Waals surface area contributed by atoms with E-state index in [2.05, 4.69) is 17.1 Å². The quantitative estimate of drug-likeness (QED) is 0.920. The lowest BCUT2D eigenvalue weighted by Crippen LogP contribution is -2.45. The van der Waals surface area contributed by atoms with Gasteiger partial charge in [-0.15, -0.1) is 12.4 Å². The van der Waals surface area contributed by atoms with E-state index in [-0.39, 0.29) is 24.3 Å². The molecule has 1 heterocycles. The zero-order chi connectivity index (χ0) is 12.3. The summed E-state index contributed by atoms with van der Waals surface area (Å²) in [5.74, 6) is -0.192. The fourth-order valence-electron chi connectivity index (χ4n) is 2.44. The van der Waals surface area contributed by atoms with Gasteiger partial charge in [-0.05, 0) is 18.6 Å². The van der Waals surface area contributed by atoms with Gasteiger partial charge in [-0.2, -0.15) is 0 Å². The molecule has 0 bridgehead atoms. The summed E-state index contributed by atoms with van der Waals surface area (Å²) in [6, 6.07) is 5.15. The summed E-state index contributed by atoms with van der Waals surface area (Å²) in [7, 11) is 0. The summed E-state index contributed by atoms with van der Waals surface area (Å²) in [6.45, 7) is 6.00. The minimum Gasteiger partial charge on any atom is -0.314 e. The Balaban J connectivity index is 0.00000162. The number of nitrogens with one attached hydrogen (secondary N) is 1. The molecule has 0 aliphatic carbocycles. The molecule has 1 aliphatic heterocycles. The number of hydrogen-bond donors (Lipinski definition) is 1. The van der Waals surface area contributed by atoms with Crippen LogP contribution in [-0.2, 0) is 0 Å². The van der Waals surface area contributed by atoms with Crippen LogP contribution >= 0.6 is 24.0 Å². The van der Waals surface area contributed by atoms with Gasteiger partial charge in [0.15, 0.2) is 0 Å². The van der Waals surface area contributed by atoms with E-state index in [4.69, 9.17) is 11.6 Å². The number of rotatable bonds is 3. The molecule has 0 radical (unpaired) electrons. The first kappa shape index (κ1) is 15.7. The van der Waals surface area contributed by atoms with E-state index >= 15 is 0 Å². The molecule has 1 saturated heterocycles. The third-order valence-corrected chi connectivity index (χ3v) is 3.54. The highest BCUT2D eigenvalue weighted by atomic mass is 35.5. The summed E-state index contributed by atoms with van der Waals surface area (Å²) in [5.41, 5.74) is 0.763. The fraction of sp³-hybridized carbons (Fsp3) is 0.538. The minimum absolute atomic E-state index is 0. The Hall–Kier alpha value is -0.350. The number of piperazine rings is 1. The largest absolute Gasteiger partial charge is 0.314 e. The molecule has 2 nitrogen and oxygen atoms in total. The molecule has 102 valence electrons. The van der Waals surface area contributed by atoms with Crippen LogP contribution in [0.5, 0.6) is 0 Å². The molecule has 1 aromatic carbocycles. The summed E-state index contributed by atoms with van der Waals surface area (Å²) in [5, 5.41) is 3.77. The highest BCUT2D eigenvalue weighted by Gasteiger charge is 2.22. The Kier molecular flexibility index (Phi) is 6.36. The second-order valence-corrected chi connectivity index (χ2v) is 4.81. The smallest absolute Gasteiger partial charge is 0.129 e. The Morgan fingerprint density at radius 2 is 2.06 bits per heavy atom. The van der Waals surface area contributed by atoms with E-state index in [9.17, 15) is 4.39 Å². The number of hydrogen-bond acceptors (Lipinski definition) is 2. The third kappa shape index (κ3) is 3.58. The van der Waals surface area contributed by atoms with Crippen molar-refractivity contribution in [1.29, 1.82) is 0 Å². The lowest BCUT2D eigenvalue weighted by molar-refractivity contribution is 0.166. The minimum atomic E-state index is -0.192. The van der Waals surface area contributed by atoms with Gasteiger partial charge in [-0.1, -0.05) is 24.6 Å². The van der Waals surface area contributed by atoms with Crippen molar-refractivity contribution in [2.45, 2.75) is 19.4 Å². The monoisotopic (exact) mass is 292 g/mol. The second kappa shape index (κ2) is 7.29. The molecule has 0 aromatic heterocycles. The van der Waals surface area contributed by atoms with E-state index < -0.39 is 0 Å². The van der Waals surface area contributed by atoms with Gasteiger partial charge in [-0.3, -0.25) is 4.90 Å². The van der Waals surface area contributed by atoms with E-state index in [0.29, 0.717) is 5.02 Å². The van der Waals surface area contributed by atoms with Crippen LogP contribution in [0.2, 0.25) is 5.02 Å². The molecule has 1 aliphatic rings. The van der Waals surface area contributed by atoms with Gasteiger partial charge in [0.25, 0.3) is 0 Å². The first-order chi connectivity index (χ1) is 8.22. The average Bonchev–Trinajstić information content (AvgIpc) is 2.34. The van der Waals surface area contributed by atoms with Crippen LogP contribution in [0, 0.1) is 5.82 Å². The summed E-state index contributed by atoms with van der Waals surface area (Å²) >= 11 is 5.79. The molecule has 2 rings (SSSR count). The maximum atomic E-state index is 13.9. The molecular weight excluding hydrogens is 274 g/mol. The second-order valence-electron chi connectivity index (χ2n) is 4.38. The molecule has 1 N–H and O–H groups in total. The Labute approximate surface area is 119 Å². The van der Waals surface area contributed by atoms with Crippen molar-refractivity contribution < 1.29 is 4.39 Å². The SMILES string of the molecule is CC[C@@H](c1ccc(Cl)cc1F)N1CCNCC1.Cl. The van der Waals surface area contributed by atoms with E-state index in [1.807, 2.05) is 6.07 Å². The van der Waals surface area contributed by atoms with Crippen LogP contribution in [0.15, 0.2) is 18.2 Å². The topological polar surface area (TPSA) is 15.3 Å². The summed E-state index contributed by atoms with van der Waals surface area (Å²) in [6.07, 6.45) is 0.915. The first-order valence-corrected chi connectivity index (χ1v) is 6.50. The van der Waals surface area contributed by atoms with Crippen LogP contribution in [-0.4, -0.2) is 31.1 Å². The normalized spacial score (nSPS) is 18.2. The van der Waals surface area contributed by atoms with Crippen molar-refractivity contribution in [2.75, 3.05) is 26.2 Å². The van der Waals surface area contributed by atoms with Crippen molar-refractivity contribution in [1.82, 2.24) is 10.2 Å². The maximum Gasteiger partial charge on any atom is 0.129 e. The highest BCUT2D eigenvalue weighted by molar-refractivity contribution is 6.30. The molecule has 0 saturated carbocycles. The van der Waals surface area contributed by atoms with Crippen LogP contribution in [0.1, 0.15) is 24.9 Å². The Morgan fingerprint density at radius 1 is 1.39 bits per heavy atom. The van der Waals surface area contributed by atoms with E-state index in [0.717, 1.165) is 38.2 Å². The molecule has 0 amide bonds. The van der Waals surface area contributed by atoms with Crippen LogP contribution in [0.4, 0.5) is 4.39 Å². The van der Waals surface area contributed by atoms with Gasteiger partial charge in [-0.25, -0.2) is 4.39 Å². The van der Waals surface area contributed by atoms with Gasteiger partial charge in [0.05, 0.1) is 0 Å². The summed E-state index contributed by atoms with van der Waals surface area (Å²) in [4.78, 5) is 2.34. The third-order valence-electron chi connectivity index (χ3n) is 3.30. The van der Waals surface area contributed by atoms with Gasteiger partial charge < -0.3 is 5.32 Å². The zero-order valence-corrected chi connectivity index (χ0v) is 12.0. The van der Waals surface area contributed by atoms with Crippen molar-refractivity contribution in [3.05, 3.63) is 34.6 Å². The Morgan fingerprint density at radius 3 is 2.61 bits per heavy atom. The predicted molar refractivity (Wildman–Crippen MR) is 76.1 cm³/mol. The standard InChI is InChI=1S/C13H18ClFN2.ClH/c1-2-13(17-7-5-16-6-8-17)11-4-3-10(14)9-12(11)15;/h3-4,9,13,16H,2,5-8H2,1H3;1H/t13-;/m0./s1. The number of nitrogens with zero attached hydrogens (tertiary/aromatic N) is 1. The van der Waals surface area contributed by atoms with Crippen molar-refractivity contribution in [2.24, 2.45) is 0 Å². The van der Waals surface area contributed by atoms with Gasteiger partial charge >= 0.3 is 0 Å². The number of benzene rings is 1. The fourth-order valence-corrected chi connectivity index (χ4v) is 2.60. The molecule has 1 atom stereocenters. The molecule has 1 aromatic rings. The van der Waals surface area contributed by atoms with Crippen LogP contribution in [0.25, 0.3) is 0 Å². The lowest BCUT2D eigenvalue weighted by atomic mass is 10.0. The van der Waals surface area contributed by atoms with Crippen molar-refractivity contribution >= 4 is 24.0 Å². The van der Waals surface area contributed by atoms with E-state index in [1.54, 1.807) is 6.07 Å². The molecule has 1 fully saturated rings. The Bertz CT molecular complexity index is 381. The van der Waals surface area contributed by atoms with Gasteiger partial charge in [0.1, 0.15) is 5.82 Å². The highest BCUT2D eigenvalue weighted by Crippen LogP contribution is 2.28.